The van der Waals surface area contributed by atoms with E-state index in [0.717, 1.165) is 43.6 Å². The summed E-state index contributed by atoms with van der Waals surface area (Å²) in [6.45, 7) is 1.52. The minimum atomic E-state index is -4.41. The monoisotopic (exact) mass is 406 g/mol. The molecule has 0 radical (unpaired) electrons. The van der Waals surface area contributed by atoms with Crippen molar-refractivity contribution < 1.29 is 27.5 Å². The quantitative estimate of drug-likeness (QED) is 0.797. The number of amides is 2. The van der Waals surface area contributed by atoms with E-state index in [-0.39, 0.29) is 24.8 Å². The third-order valence-electron chi connectivity index (χ3n) is 4.64. The SMILES string of the molecule is O=C(COc1ccc(C(F)(F)F)cc1)NCc1ccc(C(=O)N2CCCC2)cc1. The van der Waals surface area contributed by atoms with E-state index < -0.39 is 17.6 Å². The predicted molar refractivity (Wildman–Crippen MR) is 100 cm³/mol. The van der Waals surface area contributed by atoms with Gasteiger partial charge in [0.1, 0.15) is 5.75 Å². The Morgan fingerprint density at radius 3 is 2.17 bits per heavy atom. The highest BCUT2D eigenvalue weighted by Gasteiger charge is 2.30. The lowest BCUT2D eigenvalue weighted by atomic mass is 10.1. The number of carbonyl (C=O) groups excluding carboxylic acids is 2. The van der Waals surface area contributed by atoms with E-state index in [1.54, 1.807) is 24.3 Å². The van der Waals surface area contributed by atoms with Gasteiger partial charge in [-0.15, -0.1) is 0 Å². The molecule has 1 aliphatic heterocycles. The van der Waals surface area contributed by atoms with Crippen molar-refractivity contribution in [3.05, 3.63) is 65.2 Å². The van der Waals surface area contributed by atoms with Gasteiger partial charge in [-0.1, -0.05) is 12.1 Å². The van der Waals surface area contributed by atoms with Crippen molar-refractivity contribution in [2.75, 3.05) is 19.7 Å². The first-order chi connectivity index (χ1) is 13.8. The Labute approximate surface area is 166 Å². The largest absolute Gasteiger partial charge is 0.484 e. The highest BCUT2D eigenvalue weighted by molar-refractivity contribution is 5.94. The molecule has 0 unspecified atom stereocenters. The lowest BCUT2D eigenvalue weighted by molar-refractivity contribution is -0.137. The second-order valence-corrected chi connectivity index (χ2v) is 6.78. The number of halogens is 3. The molecule has 2 aromatic carbocycles. The minimum Gasteiger partial charge on any atom is -0.484 e. The summed E-state index contributed by atoms with van der Waals surface area (Å²) in [5.41, 5.74) is 0.666. The molecule has 2 amide bonds. The highest BCUT2D eigenvalue weighted by Crippen LogP contribution is 2.30. The Morgan fingerprint density at radius 1 is 0.966 bits per heavy atom. The van der Waals surface area contributed by atoms with E-state index in [1.165, 1.54) is 12.1 Å². The molecule has 1 aliphatic rings. The molecule has 0 bridgehead atoms. The molecular weight excluding hydrogens is 385 g/mol. The predicted octanol–water partition coefficient (Wildman–Crippen LogP) is 3.64. The molecule has 0 saturated carbocycles. The number of benzene rings is 2. The minimum absolute atomic E-state index is 0.0167. The normalized spacial score (nSPS) is 14.0. The molecular formula is C21H21F3N2O3. The maximum absolute atomic E-state index is 12.5. The Morgan fingerprint density at radius 2 is 1.59 bits per heavy atom. The smallest absolute Gasteiger partial charge is 0.416 e. The Bertz CT molecular complexity index is 843. The van der Waals surface area contributed by atoms with Crippen LogP contribution in [0.25, 0.3) is 0 Å². The first-order valence-corrected chi connectivity index (χ1v) is 9.28. The molecule has 1 heterocycles. The standard InChI is InChI=1S/C21H21F3N2O3/c22-21(23,24)17-7-9-18(10-8-17)29-14-19(27)25-13-15-3-5-16(6-4-15)20(28)26-11-1-2-12-26/h3-10H,1-2,11-14H2,(H,25,27). The summed E-state index contributed by atoms with van der Waals surface area (Å²) in [5, 5.41) is 2.67. The number of alkyl halides is 3. The van der Waals surface area contributed by atoms with Crippen LogP contribution in [0.3, 0.4) is 0 Å². The van der Waals surface area contributed by atoms with Crippen molar-refractivity contribution in [2.24, 2.45) is 0 Å². The zero-order valence-electron chi connectivity index (χ0n) is 15.7. The summed E-state index contributed by atoms with van der Waals surface area (Å²) in [6.07, 6.45) is -2.35. The second-order valence-electron chi connectivity index (χ2n) is 6.78. The third-order valence-corrected chi connectivity index (χ3v) is 4.64. The van der Waals surface area contributed by atoms with Crippen LogP contribution in [-0.4, -0.2) is 36.4 Å². The van der Waals surface area contributed by atoms with Crippen LogP contribution < -0.4 is 10.1 Å². The average molecular weight is 406 g/mol. The number of carbonyl (C=O) groups is 2. The van der Waals surface area contributed by atoms with Gasteiger partial charge >= 0.3 is 6.18 Å². The summed E-state index contributed by atoms with van der Waals surface area (Å²) in [4.78, 5) is 26.0. The molecule has 29 heavy (non-hydrogen) atoms. The maximum atomic E-state index is 12.5. The molecule has 1 N–H and O–H groups in total. The van der Waals surface area contributed by atoms with Gasteiger partial charge in [0.2, 0.25) is 0 Å². The number of nitrogens with one attached hydrogen (secondary N) is 1. The van der Waals surface area contributed by atoms with Crippen molar-refractivity contribution in [3.63, 3.8) is 0 Å². The highest BCUT2D eigenvalue weighted by atomic mass is 19.4. The van der Waals surface area contributed by atoms with Crippen LogP contribution in [0.1, 0.15) is 34.3 Å². The molecule has 1 saturated heterocycles. The van der Waals surface area contributed by atoms with Crippen LogP contribution in [-0.2, 0) is 17.5 Å². The lowest BCUT2D eigenvalue weighted by Gasteiger charge is -2.15. The summed E-state index contributed by atoms with van der Waals surface area (Å²) in [6, 6.07) is 11.2. The maximum Gasteiger partial charge on any atom is 0.416 e. The van der Waals surface area contributed by atoms with Crippen LogP contribution >= 0.6 is 0 Å². The van der Waals surface area contributed by atoms with Gasteiger partial charge in [-0.2, -0.15) is 13.2 Å². The number of hydrogen-bond donors (Lipinski definition) is 1. The van der Waals surface area contributed by atoms with E-state index in [1.807, 2.05) is 4.90 Å². The summed E-state index contributed by atoms with van der Waals surface area (Å²) in [5.74, 6) is -0.205. The number of likely N-dealkylation sites (tertiary alicyclic amines) is 1. The van der Waals surface area contributed by atoms with Crippen molar-refractivity contribution >= 4 is 11.8 Å². The van der Waals surface area contributed by atoms with Gasteiger partial charge in [0.05, 0.1) is 5.56 Å². The molecule has 154 valence electrons. The topological polar surface area (TPSA) is 58.6 Å². The number of nitrogens with zero attached hydrogens (tertiary/aromatic N) is 1. The number of hydrogen-bond acceptors (Lipinski definition) is 3. The molecule has 8 heteroatoms. The Balaban J connectivity index is 1.44. The fourth-order valence-electron chi connectivity index (χ4n) is 3.01. The van der Waals surface area contributed by atoms with Gasteiger partial charge in [-0.05, 0) is 54.8 Å². The first-order valence-electron chi connectivity index (χ1n) is 9.28. The summed E-state index contributed by atoms with van der Waals surface area (Å²) in [7, 11) is 0. The zero-order valence-corrected chi connectivity index (χ0v) is 15.7. The van der Waals surface area contributed by atoms with Crippen molar-refractivity contribution in [2.45, 2.75) is 25.6 Å². The van der Waals surface area contributed by atoms with Crippen molar-refractivity contribution in [1.29, 1.82) is 0 Å². The van der Waals surface area contributed by atoms with E-state index >= 15 is 0 Å². The summed E-state index contributed by atoms with van der Waals surface area (Å²) < 4.78 is 42.8. The number of rotatable bonds is 6. The fraction of sp³-hybridized carbons (Fsp3) is 0.333. The van der Waals surface area contributed by atoms with Gasteiger partial charge < -0.3 is 15.0 Å². The van der Waals surface area contributed by atoms with E-state index in [9.17, 15) is 22.8 Å². The Hall–Kier alpha value is -3.03. The van der Waals surface area contributed by atoms with Crippen molar-refractivity contribution in [1.82, 2.24) is 10.2 Å². The number of ether oxygens (including phenoxy) is 1. The molecule has 0 aliphatic carbocycles. The van der Waals surface area contributed by atoms with Gasteiger partial charge in [-0.3, -0.25) is 9.59 Å². The van der Waals surface area contributed by atoms with Crippen LogP contribution in [0.4, 0.5) is 13.2 Å². The summed E-state index contributed by atoms with van der Waals surface area (Å²) >= 11 is 0. The van der Waals surface area contributed by atoms with E-state index in [0.29, 0.717) is 5.56 Å². The molecule has 1 fully saturated rings. The zero-order chi connectivity index (χ0) is 20.9. The molecule has 5 nitrogen and oxygen atoms in total. The van der Waals surface area contributed by atoms with Crippen LogP contribution in [0, 0.1) is 0 Å². The van der Waals surface area contributed by atoms with Crippen LogP contribution in [0.2, 0.25) is 0 Å². The molecule has 0 spiro atoms. The van der Waals surface area contributed by atoms with Gasteiger partial charge in [0, 0.05) is 25.2 Å². The van der Waals surface area contributed by atoms with Gasteiger partial charge in [-0.25, -0.2) is 0 Å². The Kier molecular flexibility index (Phi) is 6.41. The average Bonchev–Trinajstić information content (AvgIpc) is 3.25. The van der Waals surface area contributed by atoms with Crippen LogP contribution in [0.15, 0.2) is 48.5 Å². The molecule has 2 aromatic rings. The van der Waals surface area contributed by atoms with E-state index in [2.05, 4.69) is 5.32 Å². The van der Waals surface area contributed by atoms with Crippen molar-refractivity contribution in [3.8, 4) is 5.75 Å². The lowest BCUT2D eigenvalue weighted by Crippen LogP contribution is -2.29. The molecule has 3 rings (SSSR count). The molecule has 0 atom stereocenters. The first kappa shape index (κ1) is 20.7. The fourth-order valence-corrected chi connectivity index (χ4v) is 3.01. The third kappa shape index (κ3) is 5.73. The molecule has 0 aromatic heterocycles. The van der Waals surface area contributed by atoms with E-state index in [4.69, 9.17) is 4.74 Å². The van der Waals surface area contributed by atoms with Crippen LogP contribution in [0.5, 0.6) is 5.75 Å². The van der Waals surface area contributed by atoms with Gasteiger partial charge in [0.15, 0.2) is 6.61 Å². The van der Waals surface area contributed by atoms with Gasteiger partial charge in [0.25, 0.3) is 11.8 Å². The second kappa shape index (κ2) is 8.98.